The summed E-state index contributed by atoms with van der Waals surface area (Å²) in [7, 11) is 0. The van der Waals surface area contributed by atoms with Crippen LogP contribution in [0.4, 0.5) is 5.82 Å². The van der Waals surface area contributed by atoms with E-state index in [0.717, 1.165) is 25.6 Å². The van der Waals surface area contributed by atoms with E-state index < -0.39 is 0 Å². The van der Waals surface area contributed by atoms with Gasteiger partial charge in [-0.25, -0.2) is 0 Å². The Kier molecular flexibility index (Phi) is 4.55. The summed E-state index contributed by atoms with van der Waals surface area (Å²) in [5.74, 6) is 1.98. The Hall–Kier alpha value is -1.40. The Bertz CT molecular complexity index is 478. The lowest BCUT2D eigenvalue weighted by Gasteiger charge is -2.24. The third-order valence-electron chi connectivity index (χ3n) is 4.12. The van der Waals surface area contributed by atoms with Crippen molar-refractivity contribution in [3.05, 3.63) is 11.8 Å². The molecule has 2 aliphatic rings. The van der Waals surface area contributed by atoms with Crippen molar-refractivity contribution in [1.29, 1.82) is 0 Å². The summed E-state index contributed by atoms with van der Waals surface area (Å²) in [6.07, 6.45) is 5.06. The molecule has 21 heavy (non-hydrogen) atoms. The number of anilines is 1. The van der Waals surface area contributed by atoms with Gasteiger partial charge in [0.1, 0.15) is 5.76 Å². The summed E-state index contributed by atoms with van der Waals surface area (Å²) in [5, 5.41) is 10.1. The second-order valence-electron chi connectivity index (χ2n) is 6.30. The standard InChI is InChI=1S/C15H24N4O2/c1-11-7-14(18-21-11)17-15(20)10-19(8-12-4-5-12)9-13-3-2-6-16-13/h7,12-13,16H,2-6,8-10H2,1H3,(H,17,18,20). The van der Waals surface area contributed by atoms with Gasteiger partial charge in [-0.3, -0.25) is 9.69 Å². The van der Waals surface area contributed by atoms with Crippen LogP contribution < -0.4 is 10.6 Å². The molecular weight excluding hydrogens is 268 g/mol. The summed E-state index contributed by atoms with van der Waals surface area (Å²) in [5.41, 5.74) is 0. The predicted octanol–water partition coefficient (Wildman–Crippen LogP) is 1.39. The molecule has 0 radical (unpaired) electrons. The van der Waals surface area contributed by atoms with Crippen LogP contribution in [-0.4, -0.2) is 48.2 Å². The van der Waals surface area contributed by atoms with Crippen molar-refractivity contribution in [3.63, 3.8) is 0 Å². The van der Waals surface area contributed by atoms with Gasteiger partial charge in [-0.15, -0.1) is 0 Å². The second-order valence-corrected chi connectivity index (χ2v) is 6.30. The van der Waals surface area contributed by atoms with E-state index in [0.29, 0.717) is 24.2 Å². The smallest absolute Gasteiger partial charge is 0.239 e. The van der Waals surface area contributed by atoms with Gasteiger partial charge in [-0.2, -0.15) is 0 Å². The van der Waals surface area contributed by atoms with Crippen LogP contribution in [-0.2, 0) is 4.79 Å². The molecule has 0 spiro atoms. The maximum absolute atomic E-state index is 12.2. The molecule has 6 nitrogen and oxygen atoms in total. The zero-order valence-corrected chi connectivity index (χ0v) is 12.6. The summed E-state index contributed by atoms with van der Waals surface area (Å²) in [4.78, 5) is 14.4. The monoisotopic (exact) mass is 292 g/mol. The minimum Gasteiger partial charge on any atom is -0.360 e. The van der Waals surface area contributed by atoms with Gasteiger partial charge in [0.2, 0.25) is 5.91 Å². The minimum atomic E-state index is -0.0121. The number of nitrogens with one attached hydrogen (secondary N) is 2. The Morgan fingerprint density at radius 2 is 2.33 bits per heavy atom. The number of aryl methyl sites for hydroxylation is 1. The molecule has 2 heterocycles. The van der Waals surface area contributed by atoms with Crippen molar-refractivity contribution < 1.29 is 9.32 Å². The molecular formula is C15H24N4O2. The number of carbonyl (C=O) groups excluding carboxylic acids is 1. The lowest BCUT2D eigenvalue weighted by atomic mass is 10.2. The maximum atomic E-state index is 12.2. The zero-order valence-electron chi connectivity index (χ0n) is 12.6. The van der Waals surface area contributed by atoms with E-state index in [4.69, 9.17) is 4.52 Å². The van der Waals surface area contributed by atoms with Crippen molar-refractivity contribution >= 4 is 11.7 Å². The van der Waals surface area contributed by atoms with E-state index >= 15 is 0 Å². The number of amides is 1. The Balaban J connectivity index is 1.50. The van der Waals surface area contributed by atoms with Crippen LogP contribution in [0.1, 0.15) is 31.4 Å². The lowest BCUT2D eigenvalue weighted by molar-refractivity contribution is -0.117. The highest BCUT2D eigenvalue weighted by Gasteiger charge is 2.27. The first-order valence-electron chi connectivity index (χ1n) is 7.88. The fourth-order valence-electron chi connectivity index (χ4n) is 2.90. The summed E-state index contributed by atoms with van der Waals surface area (Å²) >= 11 is 0. The van der Waals surface area contributed by atoms with Crippen molar-refractivity contribution in [2.24, 2.45) is 5.92 Å². The van der Waals surface area contributed by atoms with Gasteiger partial charge in [0.05, 0.1) is 6.54 Å². The van der Waals surface area contributed by atoms with Gasteiger partial charge in [-0.1, -0.05) is 5.16 Å². The fraction of sp³-hybridized carbons (Fsp3) is 0.733. The number of hydrogen-bond acceptors (Lipinski definition) is 5. The van der Waals surface area contributed by atoms with Crippen molar-refractivity contribution in [3.8, 4) is 0 Å². The number of aromatic nitrogens is 1. The van der Waals surface area contributed by atoms with Gasteiger partial charge in [0.15, 0.2) is 5.82 Å². The normalized spacial score (nSPS) is 21.9. The van der Waals surface area contributed by atoms with Crippen LogP contribution in [0.25, 0.3) is 0 Å². The first kappa shape index (κ1) is 14.5. The molecule has 1 aliphatic heterocycles. The van der Waals surface area contributed by atoms with Gasteiger partial charge in [-0.05, 0) is 45.1 Å². The quantitative estimate of drug-likeness (QED) is 0.794. The topological polar surface area (TPSA) is 70.4 Å². The SMILES string of the molecule is Cc1cc(NC(=O)CN(CC2CC2)CC2CCCN2)no1. The Labute approximate surface area is 125 Å². The highest BCUT2D eigenvalue weighted by atomic mass is 16.5. The molecule has 1 aromatic heterocycles. The molecule has 3 rings (SSSR count). The first-order valence-corrected chi connectivity index (χ1v) is 7.88. The fourth-order valence-corrected chi connectivity index (χ4v) is 2.90. The molecule has 1 saturated heterocycles. The van der Waals surface area contributed by atoms with Crippen molar-refractivity contribution in [2.45, 2.75) is 38.6 Å². The van der Waals surface area contributed by atoms with E-state index in [1.807, 2.05) is 6.92 Å². The molecule has 1 aromatic rings. The third-order valence-corrected chi connectivity index (χ3v) is 4.12. The molecule has 1 saturated carbocycles. The molecule has 6 heteroatoms. The van der Waals surface area contributed by atoms with Gasteiger partial charge >= 0.3 is 0 Å². The third kappa shape index (κ3) is 4.54. The molecule has 2 N–H and O–H groups in total. The average Bonchev–Trinajstić information content (AvgIpc) is 2.92. The molecule has 1 aliphatic carbocycles. The largest absolute Gasteiger partial charge is 0.360 e. The van der Waals surface area contributed by atoms with Crippen LogP contribution in [0, 0.1) is 12.8 Å². The van der Waals surface area contributed by atoms with Crippen LogP contribution >= 0.6 is 0 Å². The molecule has 1 amide bonds. The maximum Gasteiger partial charge on any atom is 0.239 e. The number of rotatable bonds is 7. The Morgan fingerprint density at radius 1 is 1.48 bits per heavy atom. The van der Waals surface area contributed by atoms with Crippen LogP contribution in [0.2, 0.25) is 0 Å². The lowest BCUT2D eigenvalue weighted by Crippen LogP contribution is -2.42. The molecule has 2 fully saturated rings. The first-order chi connectivity index (χ1) is 10.2. The zero-order chi connectivity index (χ0) is 14.7. The molecule has 1 atom stereocenters. The van der Waals surface area contributed by atoms with Crippen molar-refractivity contribution in [2.75, 3.05) is 31.5 Å². The molecule has 0 aromatic carbocycles. The molecule has 116 valence electrons. The van der Waals surface area contributed by atoms with Gasteiger partial charge < -0.3 is 15.2 Å². The van der Waals surface area contributed by atoms with Crippen LogP contribution in [0.15, 0.2) is 10.6 Å². The van der Waals surface area contributed by atoms with E-state index in [2.05, 4.69) is 20.7 Å². The number of carbonyl (C=O) groups is 1. The van der Waals surface area contributed by atoms with Crippen molar-refractivity contribution in [1.82, 2.24) is 15.4 Å². The number of hydrogen-bond donors (Lipinski definition) is 2. The van der Waals surface area contributed by atoms with Crippen LogP contribution in [0.3, 0.4) is 0 Å². The second kappa shape index (κ2) is 6.58. The summed E-state index contributed by atoms with van der Waals surface area (Å²) < 4.78 is 4.96. The van der Waals surface area contributed by atoms with E-state index in [1.54, 1.807) is 6.07 Å². The van der Waals surface area contributed by atoms with E-state index in [-0.39, 0.29) is 5.91 Å². The highest BCUT2D eigenvalue weighted by molar-refractivity contribution is 5.91. The number of nitrogens with zero attached hydrogens (tertiary/aromatic N) is 2. The Morgan fingerprint density at radius 3 is 2.95 bits per heavy atom. The molecule has 0 bridgehead atoms. The predicted molar refractivity (Wildman–Crippen MR) is 80.1 cm³/mol. The summed E-state index contributed by atoms with van der Waals surface area (Å²) in [6.45, 7) is 5.34. The average molecular weight is 292 g/mol. The van der Waals surface area contributed by atoms with Gasteiger partial charge in [0.25, 0.3) is 0 Å². The van der Waals surface area contributed by atoms with E-state index in [9.17, 15) is 4.79 Å². The van der Waals surface area contributed by atoms with E-state index in [1.165, 1.54) is 25.7 Å². The molecule has 1 unspecified atom stereocenters. The summed E-state index contributed by atoms with van der Waals surface area (Å²) in [6, 6.07) is 2.27. The minimum absolute atomic E-state index is 0.0121. The van der Waals surface area contributed by atoms with Crippen LogP contribution in [0.5, 0.6) is 0 Å². The van der Waals surface area contributed by atoms with Gasteiger partial charge in [0, 0.05) is 25.2 Å². The highest BCUT2D eigenvalue weighted by Crippen LogP contribution is 2.29.